The van der Waals surface area contributed by atoms with Crippen LogP contribution in [0, 0.1) is 0 Å². The Morgan fingerprint density at radius 2 is 1.96 bits per heavy atom. The molecule has 128 valence electrons. The first-order valence-electron chi connectivity index (χ1n) is 8.23. The summed E-state index contributed by atoms with van der Waals surface area (Å²) >= 11 is 0. The molecule has 6 heteroatoms. The van der Waals surface area contributed by atoms with E-state index in [1.54, 1.807) is 26.5 Å². The van der Waals surface area contributed by atoms with Gasteiger partial charge in [0.25, 0.3) is 0 Å². The van der Waals surface area contributed by atoms with Gasteiger partial charge in [-0.3, -0.25) is 0 Å². The zero-order valence-electron chi connectivity index (χ0n) is 14.1. The van der Waals surface area contributed by atoms with E-state index in [9.17, 15) is 0 Å². The third-order valence-electron chi connectivity index (χ3n) is 4.15. The van der Waals surface area contributed by atoms with Crippen LogP contribution >= 0.6 is 0 Å². The summed E-state index contributed by atoms with van der Waals surface area (Å²) in [6, 6.07) is 7.61. The third-order valence-corrected chi connectivity index (χ3v) is 4.15. The van der Waals surface area contributed by atoms with Crippen LogP contribution < -0.4 is 19.5 Å². The number of anilines is 1. The van der Waals surface area contributed by atoms with E-state index in [1.165, 1.54) is 12.8 Å². The Bertz CT molecular complexity index is 672. The van der Waals surface area contributed by atoms with Crippen LogP contribution in [0.3, 0.4) is 0 Å². The first kappa shape index (κ1) is 16.4. The summed E-state index contributed by atoms with van der Waals surface area (Å²) in [7, 11) is 3.25. The SMILES string of the molecule is COc1ccc(CNc2nccc(OC)n2)c(OC2CCCC2)c1. The zero-order chi connectivity index (χ0) is 16.8. The van der Waals surface area contributed by atoms with Gasteiger partial charge in [-0.25, -0.2) is 4.98 Å². The summed E-state index contributed by atoms with van der Waals surface area (Å²) in [6.45, 7) is 0.569. The maximum absolute atomic E-state index is 6.20. The standard InChI is InChI=1S/C18H23N3O3/c1-22-15-8-7-13(16(11-15)24-14-5-3-4-6-14)12-20-18-19-10-9-17(21-18)23-2/h7-11,14H,3-6,12H2,1-2H3,(H,19,20,21). The van der Waals surface area contributed by atoms with Gasteiger partial charge in [0.1, 0.15) is 11.5 Å². The summed E-state index contributed by atoms with van der Waals surface area (Å²) in [5.41, 5.74) is 1.05. The van der Waals surface area contributed by atoms with Crippen molar-refractivity contribution in [2.75, 3.05) is 19.5 Å². The molecular weight excluding hydrogens is 306 g/mol. The lowest BCUT2D eigenvalue weighted by molar-refractivity contribution is 0.207. The van der Waals surface area contributed by atoms with Crippen LogP contribution in [0.2, 0.25) is 0 Å². The highest BCUT2D eigenvalue weighted by Crippen LogP contribution is 2.30. The van der Waals surface area contributed by atoms with Gasteiger partial charge >= 0.3 is 0 Å². The second kappa shape index (κ2) is 7.86. The van der Waals surface area contributed by atoms with Crippen molar-refractivity contribution in [3.63, 3.8) is 0 Å². The van der Waals surface area contributed by atoms with Crippen LogP contribution in [-0.2, 0) is 6.54 Å². The van der Waals surface area contributed by atoms with Crippen molar-refractivity contribution in [1.82, 2.24) is 9.97 Å². The van der Waals surface area contributed by atoms with Gasteiger partial charge in [-0.2, -0.15) is 4.98 Å². The molecule has 1 aromatic carbocycles. The molecule has 1 heterocycles. The van der Waals surface area contributed by atoms with Gasteiger partial charge < -0.3 is 19.5 Å². The van der Waals surface area contributed by atoms with E-state index in [0.717, 1.165) is 29.9 Å². The number of methoxy groups -OCH3 is 2. The van der Waals surface area contributed by atoms with E-state index in [1.807, 2.05) is 18.2 Å². The normalized spacial score (nSPS) is 14.4. The molecule has 2 aromatic rings. The summed E-state index contributed by atoms with van der Waals surface area (Å²) in [5, 5.41) is 3.22. The molecule has 0 atom stereocenters. The third kappa shape index (κ3) is 4.07. The molecule has 0 aliphatic heterocycles. The van der Waals surface area contributed by atoms with Gasteiger partial charge in [0, 0.05) is 30.4 Å². The largest absolute Gasteiger partial charge is 0.497 e. The quantitative estimate of drug-likeness (QED) is 0.839. The van der Waals surface area contributed by atoms with Crippen LogP contribution in [-0.4, -0.2) is 30.3 Å². The van der Waals surface area contributed by atoms with Crippen molar-refractivity contribution in [3.8, 4) is 17.4 Å². The van der Waals surface area contributed by atoms with E-state index in [0.29, 0.717) is 24.5 Å². The molecule has 0 radical (unpaired) electrons. The van der Waals surface area contributed by atoms with Crippen LogP contribution in [0.5, 0.6) is 17.4 Å². The molecule has 1 aliphatic carbocycles. The second-order valence-electron chi connectivity index (χ2n) is 5.77. The first-order chi connectivity index (χ1) is 11.8. The minimum Gasteiger partial charge on any atom is -0.497 e. The molecule has 1 aliphatic rings. The molecule has 1 aromatic heterocycles. The van der Waals surface area contributed by atoms with Crippen molar-refractivity contribution in [3.05, 3.63) is 36.0 Å². The summed E-state index contributed by atoms with van der Waals surface area (Å²) in [6.07, 6.45) is 6.66. The van der Waals surface area contributed by atoms with E-state index in [4.69, 9.17) is 14.2 Å². The van der Waals surface area contributed by atoms with Crippen molar-refractivity contribution < 1.29 is 14.2 Å². The van der Waals surface area contributed by atoms with Gasteiger partial charge in [0.05, 0.1) is 20.3 Å². The predicted octanol–water partition coefficient (Wildman–Crippen LogP) is 3.43. The molecule has 1 fully saturated rings. The van der Waals surface area contributed by atoms with Crippen molar-refractivity contribution in [2.45, 2.75) is 38.3 Å². The van der Waals surface area contributed by atoms with Crippen LogP contribution in [0.1, 0.15) is 31.2 Å². The monoisotopic (exact) mass is 329 g/mol. The van der Waals surface area contributed by atoms with E-state index < -0.39 is 0 Å². The number of aromatic nitrogens is 2. The fourth-order valence-corrected chi connectivity index (χ4v) is 2.82. The highest BCUT2D eigenvalue weighted by Gasteiger charge is 2.18. The fourth-order valence-electron chi connectivity index (χ4n) is 2.82. The maximum atomic E-state index is 6.20. The van der Waals surface area contributed by atoms with Crippen molar-refractivity contribution in [1.29, 1.82) is 0 Å². The topological polar surface area (TPSA) is 65.5 Å². The average Bonchev–Trinajstić information content (AvgIpc) is 3.13. The van der Waals surface area contributed by atoms with Crippen molar-refractivity contribution >= 4 is 5.95 Å². The Labute approximate surface area is 142 Å². The molecule has 1 N–H and O–H groups in total. The first-order valence-corrected chi connectivity index (χ1v) is 8.23. The van der Waals surface area contributed by atoms with Gasteiger partial charge in [-0.05, 0) is 37.8 Å². The highest BCUT2D eigenvalue weighted by atomic mass is 16.5. The minimum absolute atomic E-state index is 0.295. The Kier molecular flexibility index (Phi) is 5.36. The average molecular weight is 329 g/mol. The summed E-state index contributed by atoms with van der Waals surface area (Å²) in [5.74, 6) is 2.71. The lowest BCUT2D eigenvalue weighted by Crippen LogP contribution is -2.13. The number of rotatable bonds is 7. The molecular formula is C18H23N3O3. The van der Waals surface area contributed by atoms with Gasteiger partial charge in [0.2, 0.25) is 11.8 Å². The fraction of sp³-hybridized carbons (Fsp3) is 0.444. The Balaban J connectivity index is 1.73. The Morgan fingerprint density at radius 3 is 2.71 bits per heavy atom. The number of ether oxygens (including phenoxy) is 3. The molecule has 24 heavy (non-hydrogen) atoms. The van der Waals surface area contributed by atoms with Gasteiger partial charge in [-0.15, -0.1) is 0 Å². The van der Waals surface area contributed by atoms with Crippen molar-refractivity contribution in [2.24, 2.45) is 0 Å². The molecule has 0 unspecified atom stereocenters. The number of hydrogen-bond donors (Lipinski definition) is 1. The molecule has 0 bridgehead atoms. The molecule has 3 rings (SSSR count). The van der Waals surface area contributed by atoms with E-state index >= 15 is 0 Å². The summed E-state index contributed by atoms with van der Waals surface area (Å²) < 4.78 is 16.6. The molecule has 6 nitrogen and oxygen atoms in total. The lowest BCUT2D eigenvalue weighted by atomic mass is 10.2. The maximum Gasteiger partial charge on any atom is 0.226 e. The predicted molar refractivity (Wildman–Crippen MR) is 91.8 cm³/mol. The van der Waals surface area contributed by atoms with Crippen LogP contribution in [0.15, 0.2) is 30.5 Å². The zero-order valence-corrected chi connectivity index (χ0v) is 14.1. The number of hydrogen-bond acceptors (Lipinski definition) is 6. The molecule has 0 saturated heterocycles. The van der Waals surface area contributed by atoms with E-state index in [2.05, 4.69) is 15.3 Å². The lowest BCUT2D eigenvalue weighted by Gasteiger charge is -2.18. The van der Waals surface area contributed by atoms with Gasteiger partial charge in [-0.1, -0.05) is 0 Å². The summed E-state index contributed by atoms with van der Waals surface area (Å²) in [4.78, 5) is 8.46. The van der Waals surface area contributed by atoms with Gasteiger partial charge in [0.15, 0.2) is 0 Å². The second-order valence-corrected chi connectivity index (χ2v) is 5.77. The Hall–Kier alpha value is -2.50. The number of nitrogens with one attached hydrogen (secondary N) is 1. The minimum atomic E-state index is 0.295. The van der Waals surface area contributed by atoms with Crippen LogP contribution in [0.4, 0.5) is 5.95 Å². The number of benzene rings is 1. The molecule has 1 saturated carbocycles. The molecule has 0 spiro atoms. The van der Waals surface area contributed by atoms with Crippen LogP contribution in [0.25, 0.3) is 0 Å². The molecule has 0 amide bonds. The number of nitrogens with zero attached hydrogens (tertiary/aromatic N) is 2. The smallest absolute Gasteiger partial charge is 0.226 e. The highest BCUT2D eigenvalue weighted by molar-refractivity contribution is 5.43. The Morgan fingerprint density at radius 1 is 1.12 bits per heavy atom. The van der Waals surface area contributed by atoms with E-state index in [-0.39, 0.29) is 0 Å².